The first-order chi connectivity index (χ1) is 11.9. The van der Waals surface area contributed by atoms with Crippen molar-refractivity contribution in [3.63, 3.8) is 0 Å². The maximum absolute atomic E-state index is 12.7. The number of ether oxygens (including phenoxy) is 1. The van der Waals surface area contributed by atoms with Crippen molar-refractivity contribution in [1.82, 2.24) is 0 Å². The third kappa shape index (κ3) is 4.28. The Balaban J connectivity index is 1.98. The summed E-state index contributed by atoms with van der Waals surface area (Å²) < 4.78 is 48.0. The smallest absolute Gasteiger partial charge is 0.508 e. The van der Waals surface area contributed by atoms with E-state index in [2.05, 4.69) is 11.7 Å². The van der Waals surface area contributed by atoms with Crippen LogP contribution in [0.2, 0.25) is 0 Å². The monoisotopic (exact) mass is 370 g/mol. The Morgan fingerprint density at radius 1 is 1.16 bits per heavy atom. The lowest BCUT2D eigenvalue weighted by atomic mass is 10.2. The Morgan fingerprint density at radius 2 is 1.96 bits per heavy atom. The highest BCUT2D eigenvalue weighted by Crippen LogP contribution is 2.43. The molecule has 1 aromatic carbocycles. The van der Waals surface area contributed by atoms with Gasteiger partial charge in [-0.3, -0.25) is 0 Å². The van der Waals surface area contributed by atoms with Gasteiger partial charge in [-0.05, 0) is 37.1 Å². The number of aryl methyl sites for hydroxylation is 1. The summed E-state index contributed by atoms with van der Waals surface area (Å²) >= 11 is 1.24. The number of rotatable bonds is 6. The van der Waals surface area contributed by atoms with Gasteiger partial charge in [0.1, 0.15) is 22.0 Å². The highest BCUT2D eigenvalue weighted by atomic mass is 32.1. The number of hydrogen-bond acceptors (Lipinski definition) is 4. The van der Waals surface area contributed by atoms with Crippen LogP contribution in [0.5, 0.6) is 11.5 Å². The van der Waals surface area contributed by atoms with Gasteiger partial charge in [0.2, 0.25) is 0 Å². The predicted octanol–water partition coefficient (Wildman–Crippen LogP) is 6.50. The number of thiophene rings is 1. The van der Waals surface area contributed by atoms with Crippen molar-refractivity contribution >= 4 is 22.3 Å². The second-order valence-corrected chi connectivity index (χ2v) is 6.88. The molecule has 3 nitrogen and oxygen atoms in total. The van der Waals surface area contributed by atoms with Crippen LogP contribution in [0.25, 0.3) is 21.6 Å². The first-order valence-electron chi connectivity index (χ1n) is 7.97. The Kier molecular flexibility index (Phi) is 4.94. The quantitative estimate of drug-likeness (QED) is 0.504. The van der Waals surface area contributed by atoms with Gasteiger partial charge < -0.3 is 14.3 Å². The molecule has 0 radical (unpaired) electrons. The molecule has 0 aliphatic carbocycles. The van der Waals surface area contributed by atoms with E-state index in [0.717, 1.165) is 24.1 Å². The number of halogens is 3. The molecular weight excluding hydrogens is 353 g/mol. The van der Waals surface area contributed by atoms with Crippen molar-refractivity contribution in [1.29, 1.82) is 0 Å². The minimum Gasteiger partial charge on any atom is -0.508 e. The number of hydrogen-bond donors (Lipinski definition) is 1. The van der Waals surface area contributed by atoms with Crippen molar-refractivity contribution in [2.75, 3.05) is 0 Å². The normalized spacial score (nSPS) is 12.0. The SMILES string of the molecule is CCCCCc1cc(OC(F)(F)F)c(-c2cc3ccc(O)cc3o2)s1. The van der Waals surface area contributed by atoms with E-state index >= 15 is 0 Å². The Hall–Kier alpha value is -2.15. The molecule has 0 aliphatic rings. The molecule has 0 amide bonds. The van der Waals surface area contributed by atoms with Crippen LogP contribution in [-0.2, 0) is 6.42 Å². The first kappa shape index (κ1) is 17.7. The largest absolute Gasteiger partial charge is 0.573 e. The summed E-state index contributed by atoms with van der Waals surface area (Å²) in [5.74, 6) is 0.0884. The van der Waals surface area contributed by atoms with Crippen LogP contribution < -0.4 is 4.74 Å². The maximum atomic E-state index is 12.7. The van der Waals surface area contributed by atoms with E-state index < -0.39 is 6.36 Å². The van der Waals surface area contributed by atoms with Crippen LogP contribution in [0.3, 0.4) is 0 Å². The second-order valence-electron chi connectivity index (χ2n) is 5.74. The number of benzene rings is 1. The fraction of sp³-hybridized carbons (Fsp3) is 0.333. The van der Waals surface area contributed by atoms with Gasteiger partial charge in [-0.15, -0.1) is 24.5 Å². The summed E-state index contributed by atoms with van der Waals surface area (Å²) in [5, 5.41) is 10.2. The minimum atomic E-state index is -4.76. The minimum absolute atomic E-state index is 0.0339. The number of phenolic OH excluding ortho intramolecular Hbond substituents is 1. The number of unbranched alkanes of at least 4 members (excludes halogenated alkanes) is 2. The Bertz CT molecular complexity index is 864. The molecule has 3 aromatic rings. The molecule has 0 bridgehead atoms. The van der Waals surface area contributed by atoms with Gasteiger partial charge in [0.25, 0.3) is 0 Å². The highest BCUT2D eigenvalue weighted by molar-refractivity contribution is 7.15. The third-order valence-corrected chi connectivity index (χ3v) is 4.92. The predicted molar refractivity (Wildman–Crippen MR) is 91.1 cm³/mol. The van der Waals surface area contributed by atoms with Crippen LogP contribution in [-0.4, -0.2) is 11.5 Å². The van der Waals surface area contributed by atoms with Gasteiger partial charge in [-0.1, -0.05) is 19.8 Å². The molecule has 3 rings (SSSR count). The maximum Gasteiger partial charge on any atom is 0.573 e. The summed E-state index contributed by atoms with van der Waals surface area (Å²) in [6.45, 7) is 2.07. The van der Waals surface area contributed by atoms with Crippen molar-refractivity contribution in [3.05, 3.63) is 35.2 Å². The standard InChI is InChI=1S/C18H17F3O3S/c1-2-3-4-5-13-10-16(24-18(19,20)21)17(25-13)15-8-11-6-7-12(22)9-14(11)23-15/h6-10,22H,2-5H2,1H3. The van der Waals surface area contributed by atoms with Gasteiger partial charge in [0.15, 0.2) is 5.75 Å². The van der Waals surface area contributed by atoms with Crippen molar-refractivity contribution in [3.8, 4) is 22.1 Å². The van der Waals surface area contributed by atoms with E-state index in [1.165, 1.54) is 29.5 Å². The topological polar surface area (TPSA) is 42.6 Å². The molecular formula is C18H17F3O3S. The molecule has 7 heteroatoms. The molecule has 0 spiro atoms. The molecule has 0 fully saturated rings. The van der Waals surface area contributed by atoms with Gasteiger partial charge in [-0.2, -0.15) is 0 Å². The molecule has 0 saturated heterocycles. The highest BCUT2D eigenvalue weighted by Gasteiger charge is 2.33. The summed E-state index contributed by atoms with van der Waals surface area (Å²) in [4.78, 5) is 1.13. The summed E-state index contributed by atoms with van der Waals surface area (Å²) in [6, 6.07) is 7.67. The zero-order chi connectivity index (χ0) is 18.0. The zero-order valence-electron chi connectivity index (χ0n) is 13.5. The number of fused-ring (bicyclic) bond motifs is 1. The molecule has 0 atom stereocenters. The number of furan rings is 1. The average molecular weight is 370 g/mol. The van der Waals surface area contributed by atoms with E-state index in [4.69, 9.17) is 4.42 Å². The van der Waals surface area contributed by atoms with Gasteiger partial charge in [0.05, 0.1) is 0 Å². The van der Waals surface area contributed by atoms with Crippen LogP contribution in [0.15, 0.2) is 34.7 Å². The number of alkyl halides is 3. The summed E-state index contributed by atoms with van der Waals surface area (Å²) in [6.07, 6.45) is -1.09. The van der Waals surface area contributed by atoms with E-state index in [-0.39, 0.29) is 11.5 Å². The lowest BCUT2D eigenvalue weighted by molar-refractivity contribution is -0.274. The lowest BCUT2D eigenvalue weighted by Crippen LogP contribution is -2.17. The molecule has 0 aliphatic heterocycles. The van der Waals surface area contributed by atoms with E-state index in [0.29, 0.717) is 28.0 Å². The number of phenols is 1. The Morgan fingerprint density at radius 3 is 2.68 bits per heavy atom. The lowest BCUT2D eigenvalue weighted by Gasteiger charge is -2.08. The fourth-order valence-corrected chi connectivity index (χ4v) is 3.68. The fourth-order valence-electron chi connectivity index (χ4n) is 2.60. The molecule has 25 heavy (non-hydrogen) atoms. The van der Waals surface area contributed by atoms with Crippen LogP contribution in [0.1, 0.15) is 31.1 Å². The van der Waals surface area contributed by atoms with Crippen molar-refractivity contribution in [2.45, 2.75) is 39.0 Å². The van der Waals surface area contributed by atoms with Gasteiger partial charge >= 0.3 is 6.36 Å². The molecule has 1 N–H and O–H groups in total. The average Bonchev–Trinajstić information content (AvgIpc) is 3.09. The van der Waals surface area contributed by atoms with Crippen LogP contribution in [0, 0.1) is 0 Å². The molecule has 134 valence electrons. The van der Waals surface area contributed by atoms with E-state index in [1.807, 2.05) is 0 Å². The Labute approximate surface area is 146 Å². The second kappa shape index (κ2) is 7.00. The summed E-state index contributed by atoms with van der Waals surface area (Å²) in [7, 11) is 0. The third-order valence-electron chi connectivity index (χ3n) is 3.73. The van der Waals surface area contributed by atoms with Crippen LogP contribution in [0.4, 0.5) is 13.2 Å². The first-order valence-corrected chi connectivity index (χ1v) is 8.79. The van der Waals surface area contributed by atoms with E-state index in [9.17, 15) is 18.3 Å². The van der Waals surface area contributed by atoms with Gasteiger partial charge in [-0.25, -0.2) is 0 Å². The number of aromatic hydroxyl groups is 1. The zero-order valence-corrected chi connectivity index (χ0v) is 14.3. The van der Waals surface area contributed by atoms with E-state index in [1.54, 1.807) is 12.1 Å². The molecule has 0 saturated carbocycles. The van der Waals surface area contributed by atoms with Crippen molar-refractivity contribution < 1.29 is 27.4 Å². The summed E-state index contributed by atoms with van der Waals surface area (Å²) in [5.41, 5.74) is 0.411. The van der Waals surface area contributed by atoms with Crippen molar-refractivity contribution in [2.24, 2.45) is 0 Å². The van der Waals surface area contributed by atoms with Crippen LogP contribution >= 0.6 is 11.3 Å². The van der Waals surface area contributed by atoms with Gasteiger partial charge in [0, 0.05) is 16.3 Å². The molecule has 2 aromatic heterocycles. The molecule has 2 heterocycles. The molecule has 0 unspecified atom stereocenters.